The van der Waals surface area contributed by atoms with Gasteiger partial charge in [0.2, 0.25) is 17.7 Å². The molecule has 0 aromatic heterocycles. The standard InChI is InChI=1S/C22H27N3O4/c1-21(2,3)13-9-7-12(8-10-13)17(26)25-14-11-23(5)20(29)22(25,4)16-15(14)18(27)24(6)19(16)28/h7-10,14-16H,11H2,1-6H3/t14?,15?,16?,22-/m1/s1. The van der Waals surface area contributed by atoms with E-state index in [0.29, 0.717) is 5.56 Å². The summed E-state index contributed by atoms with van der Waals surface area (Å²) in [5.74, 6) is -2.80. The first-order valence-electron chi connectivity index (χ1n) is 9.92. The van der Waals surface area contributed by atoms with Gasteiger partial charge in [-0.3, -0.25) is 24.1 Å². The number of carbonyl (C=O) groups is 4. The molecule has 7 nitrogen and oxygen atoms in total. The zero-order valence-corrected chi connectivity index (χ0v) is 17.7. The van der Waals surface area contributed by atoms with Gasteiger partial charge >= 0.3 is 0 Å². The Hall–Kier alpha value is -2.70. The number of likely N-dealkylation sites (N-methyl/N-ethyl adjacent to an activating group) is 1. The molecular formula is C22H27N3O4. The van der Waals surface area contributed by atoms with Crippen LogP contribution < -0.4 is 0 Å². The highest BCUT2D eigenvalue weighted by atomic mass is 16.2. The second kappa shape index (κ2) is 5.90. The smallest absolute Gasteiger partial charge is 0.255 e. The fourth-order valence-electron chi connectivity index (χ4n) is 5.26. The molecule has 29 heavy (non-hydrogen) atoms. The van der Waals surface area contributed by atoms with E-state index < -0.39 is 23.4 Å². The number of imide groups is 1. The van der Waals surface area contributed by atoms with Crippen molar-refractivity contribution in [3.63, 3.8) is 0 Å². The minimum atomic E-state index is -1.36. The summed E-state index contributed by atoms with van der Waals surface area (Å²) in [6.07, 6.45) is 0. The first kappa shape index (κ1) is 19.6. The van der Waals surface area contributed by atoms with Crippen LogP contribution in [0.25, 0.3) is 0 Å². The van der Waals surface area contributed by atoms with Gasteiger partial charge in [0.25, 0.3) is 5.91 Å². The van der Waals surface area contributed by atoms with Crippen LogP contribution in [0.4, 0.5) is 0 Å². The van der Waals surface area contributed by atoms with E-state index in [4.69, 9.17) is 0 Å². The third kappa shape index (κ3) is 2.42. The number of hydrogen-bond acceptors (Lipinski definition) is 4. The van der Waals surface area contributed by atoms with Gasteiger partial charge in [-0.15, -0.1) is 0 Å². The van der Waals surface area contributed by atoms with Crippen LogP contribution >= 0.6 is 0 Å². The van der Waals surface area contributed by atoms with Crippen LogP contribution in [0.2, 0.25) is 0 Å². The molecule has 0 radical (unpaired) electrons. The van der Waals surface area contributed by atoms with E-state index in [1.807, 2.05) is 12.1 Å². The van der Waals surface area contributed by atoms with Gasteiger partial charge in [-0.25, -0.2) is 0 Å². The molecule has 7 heteroatoms. The quantitative estimate of drug-likeness (QED) is 0.669. The number of carbonyl (C=O) groups excluding carboxylic acids is 4. The van der Waals surface area contributed by atoms with Crippen LogP contribution in [-0.4, -0.2) is 70.5 Å². The fourth-order valence-corrected chi connectivity index (χ4v) is 5.26. The highest BCUT2D eigenvalue weighted by Crippen LogP contribution is 2.52. The van der Waals surface area contributed by atoms with Crippen LogP contribution in [-0.2, 0) is 19.8 Å². The molecule has 3 aliphatic heterocycles. The number of amides is 4. The maximum absolute atomic E-state index is 13.5. The Labute approximate surface area is 170 Å². The predicted molar refractivity (Wildman–Crippen MR) is 106 cm³/mol. The van der Waals surface area contributed by atoms with Gasteiger partial charge in [-0.05, 0) is 30.0 Å². The summed E-state index contributed by atoms with van der Waals surface area (Å²) >= 11 is 0. The Morgan fingerprint density at radius 1 is 1.03 bits per heavy atom. The minimum Gasteiger partial charge on any atom is -0.342 e. The molecule has 1 aromatic rings. The Bertz CT molecular complexity index is 932. The molecule has 3 unspecified atom stereocenters. The lowest BCUT2D eigenvalue weighted by Gasteiger charge is -2.46. The third-order valence-electron chi connectivity index (χ3n) is 6.88. The molecule has 0 spiro atoms. The molecule has 0 N–H and O–H groups in total. The number of piperazine rings is 1. The van der Waals surface area contributed by atoms with Gasteiger partial charge in [0, 0.05) is 26.2 Å². The van der Waals surface area contributed by atoms with Crippen molar-refractivity contribution >= 4 is 23.6 Å². The first-order chi connectivity index (χ1) is 13.4. The van der Waals surface area contributed by atoms with Crippen molar-refractivity contribution in [3.05, 3.63) is 35.4 Å². The van der Waals surface area contributed by atoms with E-state index in [9.17, 15) is 19.2 Å². The second-order valence-corrected chi connectivity index (χ2v) is 9.64. The van der Waals surface area contributed by atoms with E-state index in [-0.39, 0.29) is 35.6 Å². The normalized spacial score (nSPS) is 31.6. The number of benzene rings is 1. The molecule has 4 rings (SSSR count). The summed E-state index contributed by atoms with van der Waals surface area (Å²) in [4.78, 5) is 56.5. The monoisotopic (exact) mass is 397 g/mol. The van der Waals surface area contributed by atoms with Gasteiger partial charge < -0.3 is 9.80 Å². The number of rotatable bonds is 1. The van der Waals surface area contributed by atoms with Crippen LogP contribution in [0.5, 0.6) is 0 Å². The molecule has 4 atom stereocenters. The first-order valence-corrected chi connectivity index (χ1v) is 9.92. The van der Waals surface area contributed by atoms with Crippen LogP contribution in [0, 0.1) is 11.8 Å². The molecule has 0 aliphatic carbocycles. The lowest BCUT2D eigenvalue weighted by Crippen LogP contribution is -2.67. The van der Waals surface area contributed by atoms with E-state index >= 15 is 0 Å². The summed E-state index contributed by atoms with van der Waals surface area (Å²) in [5, 5.41) is 0. The molecule has 0 saturated carbocycles. The van der Waals surface area contributed by atoms with Gasteiger partial charge in [0.05, 0.1) is 17.9 Å². The summed E-state index contributed by atoms with van der Waals surface area (Å²) in [6, 6.07) is 6.85. The van der Waals surface area contributed by atoms with Gasteiger partial charge in [-0.1, -0.05) is 32.9 Å². The Morgan fingerprint density at radius 2 is 1.62 bits per heavy atom. The largest absolute Gasteiger partial charge is 0.342 e. The van der Waals surface area contributed by atoms with Crippen molar-refractivity contribution in [1.29, 1.82) is 0 Å². The van der Waals surface area contributed by atoms with Crippen molar-refractivity contribution in [2.45, 2.75) is 44.7 Å². The lowest BCUT2D eigenvalue weighted by molar-refractivity contribution is -0.153. The van der Waals surface area contributed by atoms with Gasteiger partial charge in [-0.2, -0.15) is 0 Å². The average Bonchev–Trinajstić information content (AvgIpc) is 3.02. The summed E-state index contributed by atoms with van der Waals surface area (Å²) in [5.41, 5.74) is 0.151. The number of hydrogen-bond donors (Lipinski definition) is 0. The Balaban J connectivity index is 1.78. The zero-order chi connectivity index (χ0) is 21.5. The molecule has 3 fully saturated rings. The molecule has 3 aliphatic rings. The molecule has 4 amide bonds. The van der Waals surface area contributed by atoms with Crippen molar-refractivity contribution in [1.82, 2.24) is 14.7 Å². The Kier molecular flexibility index (Phi) is 3.99. The maximum atomic E-state index is 13.5. The van der Waals surface area contributed by atoms with Gasteiger partial charge in [0.15, 0.2) is 0 Å². The van der Waals surface area contributed by atoms with Crippen LogP contribution in [0.1, 0.15) is 43.6 Å². The Morgan fingerprint density at radius 3 is 2.17 bits per heavy atom. The molecule has 154 valence electrons. The molecule has 3 heterocycles. The van der Waals surface area contributed by atoms with Crippen molar-refractivity contribution in [2.24, 2.45) is 11.8 Å². The number of fused-ring (bicyclic) bond motifs is 5. The summed E-state index contributed by atoms with van der Waals surface area (Å²) in [7, 11) is 3.11. The molecule has 2 bridgehead atoms. The molecule has 3 saturated heterocycles. The van der Waals surface area contributed by atoms with E-state index in [1.165, 1.54) is 16.8 Å². The third-order valence-corrected chi connectivity index (χ3v) is 6.88. The van der Waals surface area contributed by atoms with E-state index in [1.54, 1.807) is 26.1 Å². The van der Waals surface area contributed by atoms with Crippen molar-refractivity contribution in [2.75, 3.05) is 20.6 Å². The number of likely N-dealkylation sites (tertiary alicyclic amines) is 2. The van der Waals surface area contributed by atoms with Crippen molar-refractivity contribution < 1.29 is 19.2 Å². The lowest BCUT2D eigenvalue weighted by atomic mass is 9.81. The fraction of sp³-hybridized carbons (Fsp3) is 0.545. The van der Waals surface area contributed by atoms with Crippen LogP contribution in [0.15, 0.2) is 24.3 Å². The van der Waals surface area contributed by atoms with Crippen LogP contribution in [0.3, 0.4) is 0 Å². The summed E-state index contributed by atoms with van der Waals surface area (Å²) < 4.78 is 0. The average molecular weight is 397 g/mol. The maximum Gasteiger partial charge on any atom is 0.255 e. The SMILES string of the molecule is CN1CC2C3C(=O)N(C)C(=O)C3[C@](C)(C1=O)N2C(=O)c1ccc(C(C)(C)C)cc1. The van der Waals surface area contributed by atoms with E-state index in [2.05, 4.69) is 20.8 Å². The van der Waals surface area contributed by atoms with Crippen molar-refractivity contribution in [3.8, 4) is 0 Å². The highest BCUT2D eigenvalue weighted by molar-refractivity contribution is 6.13. The van der Waals surface area contributed by atoms with E-state index in [0.717, 1.165) is 10.5 Å². The second-order valence-electron chi connectivity index (χ2n) is 9.64. The zero-order valence-electron chi connectivity index (χ0n) is 17.7. The topological polar surface area (TPSA) is 78.0 Å². The van der Waals surface area contributed by atoms with Gasteiger partial charge in [0.1, 0.15) is 5.54 Å². The predicted octanol–water partition coefficient (Wildman–Crippen LogP) is 1.27. The number of nitrogens with zero attached hydrogens (tertiary/aromatic N) is 3. The molecular weight excluding hydrogens is 370 g/mol. The minimum absolute atomic E-state index is 0.0448. The summed E-state index contributed by atoms with van der Waals surface area (Å²) in [6.45, 7) is 8.17. The highest BCUT2D eigenvalue weighted by Gasteiger charge is 2.73. The molecule has 1 aromatic carbocycles.